The van der Waals surface area contributed by atoms with E-state index in [2.05, 4.69) is 4.98 Å². The number of pyridine rings is 1. The molecule has 0 N–H and O–H groups in total. The Hall–Kier alpha value is -2.87. The highest BCUT2D eigenvalue weighted by Crippen LogP contribution is 2.19. The molecule has 104 valence electrons. The lowest BCUT2D eigenvalue weighted by Gasteiger charge is -2.38. The maximum atomic E-state index is 12.2. The van der Waals surface area contributed by atoms with E-state index in [9.17, 15) is 4.79 Å². The quantitative estimate of drug-likeness (QED) is 0.860. The fourth-order valence-electron chi connectivity index (χ4n) is 2.16. The summed E-state index contributed by atoms with van der Waals surface area (Å²) in [6.07, 6.45) is 3.36. The van der Waals surface area contributed by atoms with E-state index in [1.807, 2.05) is 18.2 Å². The van der Waals surface area contributed by atoms with Crippen molar-refractivity contribution >= 4 is 5.91 Å². The number of carbonyl (C=O) groups excluding carboxylic acids is 1. The van der Waals surface area contributed by atoms with E-state index in [-0.39, 0.29) is 12.0 Å². The smallest absolute Gasteiger partial charge is 0.254 e. The molecule has 1 saturated heterocycles. The van der Waals surface area contributed by atoms with Crippen molar-refractivity contribution in [2.24, 2.45) is 0 Å². The van der Waals surface area contributed by atoms with Crippen LogP contribution in [0.4, 0.5) is 0 Å². The number of carbonyl (C=O) groups is 1. The summed E-state index contributed by atoms with van der Waals surface area (Å²) in [5, 5.41) is 8.74. The number of amides is 1. The highest BCUT2D eigenvalue weighted by atomic mass is 16.5. The first-order chi connectivity index (χ1) is 10.3. The van der Waals surface area contributed by atoms with Crippen LogP contribution in [0, 0.1) is 11.3 Å². The minimum Gasteiger partial charge on any atom is -0.485 e. The van der Waals surface area contributed by atoms with Gasteiger partial charge in [-0.05, 0) is 36.4 Å². The minimum absolute atomic E-state index is 0.0107. The summed E-state index contributed by atoms with van der Waals surface area (Å²) in [5.74, 6) is 0.679. The third-order valence-corrected chi connectivity index (χ3v) is 3.33. The molecule has 0 spiro atoms. The number of nitrogens with zero attached hydrogens (tertiary/aromatic N) is 3. The third kappa shape index (κ3) is 2.84. The zero-order valence-electron chi connectivity index (χ0n) is 11.3. The van der Waals surface area contributed by atoms with Gasteiger partial charge in [0.15, 0.2) is 0 Å². The van der Waals surface area contributed by atoms with Gasteiger partial charge in [-0.1, -0.05) is 0 Å². The second-order valence-electron chi connectivity index (χ2n) is 4.83. The summed E-state index contributed by atoms with van der Waals surface area (Å²) < 4.78 is 5.70. The Morgan fingerprint density at radius 2 is 2.05 bits per heavy atom. The Bertz CT molecular complexity index is 671. The van der Waals surface area contributed by atoms with Gasteiger partial charge in [0, 0.05) is 11.8 Å². The summed E-state index contributed by atoms with van der Waals surface area (Å²) >= 11 is 0. The average Bonchev–Trinajstić information content (AvgIpc) is 2.51. The van der Waals surface area contributed by atoms with Crippen molar-refractivity contribution < 1.29 is 9.53 Å². The van der Waals surface area contributed by atoms with E-state index in [1.54, 1.807) is 41.6 Å². The molecule has 2 heterocycles. The van der Waals surface area contributed by atoms with E-state index >= 15 is 0 Å². The van der Waals surface area contributed by atoms with Gasteiger partial charge in [0.25, 0.3) is 5.91 Å². The number of rotatable bonds is 3. The maximum Gasteiger partial charge on any atom is 0.254 e. The van der Waals surface area contributed by atoms with Gasteiger partial charge in [0.2, 0.25) is 0 Å². The fraction of sp³-hybridized carbons (Fsp3) is 0.188. The molecule has 1 aliphatic rings. The fourth-order valence-corrected chi connectivity index (χ4v) is 2.16. The second kappa shape index (κ2) is 5.63. The molecular formula is C16H13N3O2. The first kappa shape index (κ1) is 13.1. The molecule has 0 saturated carbocycles. The van der Waals surface area contributed by atoms with Gasteiger partial charge in [-0.3, -0.25) is 9.78 Å². The molecule has 5 nitrogen and oxygen atoms in total. The van der Waals surface area contributed by atoms with Crippen LogP contribution in [0.5, 0.6) is 5.75 Å². The van der Waals surface area contributed by atoms with Crippen molar-refractivity contribution in [1.29, 1.82) is 5.26 Å². The van der Waals surface area contributed by atoms with Gasteiger partial charge in [0.05, 0.1) is 30.9 Å². The van der Waals surface area contributed by atoms with Crippen LogP contribution < -0.4 is 4.74 Å². The SMILES string of the molecule is N#Cc1ccc(C(=O)N2CC(Oc3cccnc3)C2)cc1. The average molecular weight is 279 g/mol. The summed E-state index contributed by atoms with van der Waals surface area (Å²) in [7, 11) is 0. The summed E-state index contributed by atoms with van der Waals surface area (Å²) in [6.45, 7) is 1.13. The summed E-state index contributed by atoms with van der Waals surface area (Å²) in [5.41, 5.74) is 1.14. The molecule has 1 aliphatic heterocycles. The predicted molar refractivity (Wildman–Crippen MR) is 75.7 cm³/mol. The van der Waals surface area contributed by atoms with Crippen LogP contribution in [0.1, 0.15) is 15.9 Å². The highest BCUT2D eigenvalue weighted by Gasteiger charge is 2.32. The number of benzene rings is 1. The van der Waals surface area contributed by atoms with Crippen LogP contribution in [0.2, 0.25) is 0 Å². The standard InChI is InChI=1S/C16H13N3O2/c17-8-12-3-5-13(6-4-12)16(20)19-10-15(11-19)21-14-2-1-7-18-9-14/h1-7,9,15H,10-11H2. The van der Waals surface area contributed by atoms with Crippen molar-refractivity contribution in [2.45, 2.75) is 6.10 Å². The summed E-state index contributed by atoms with van der Waals surface area (Å²) in [4.78, 5) is 17.9. The van der Waals surface area contributed by atoms with Crippen LogP contribution in [-0.2, 0) is 0 Å². The Balaban J connectivity index is 1.56. The first-order valence-corrected chi connectivity index (χ1v) is 6.62. The van der Waals surface area contributed by atoms with Gasteiger partial charge < -0.3 is 9.64 Å². The topological polar surface area (TPSA) is 66.2 Å². The van der Waals surface area contributed by atoms with E-state index < -0.39 is 0 Å². The molecule has 0 atom stereocenters. The lowest BCUT2D eigenvalue weighted by molar-refractivity contribution is 0.0176. The van der Waals surface area contributed by atoms with Crippen LogP contribution in [0.3, 0.4) is 0 Å². The van der Waals surface area contributed by atoms with Crippen molar-refractivity contribution in [3.8, 4) is 11.8 Å². The molecule has 0 unspecified atom stereocenters. The van der Waals surface area contributed by atoms with Crippen molar-refractivity contribution in [2.75, 3.05) is 13.1 Å². The molecule has 1 aromatic carbocycles. The number of hydrogen-bond donors (Lipinski definition) is 0. The Morgan fingerprint density at radius 1 is 1.29 bits per heavy atom. The van der Waals surface area contributed by atoms with Crippen molar-refractivity contribution in [1.82, 2.24) is 9.88 Å². The molecule has 0 radical (unpaired) electrons. The summed E-state index contributed by atoms with van der Waals surface area (Å²) in [6, 6.07) is 12.3. The van der Waals surface area contributed by atoms with Crippen LogP contribution in [0.25, 0.3) is 0 Å². The molecular weight excluding hydrogens is 266 g/mol. The molecule has 21 heavy (non-hydrogen) atoms. The molecule has 2 aromatic rings. The number of nitriles is 1. The van der Waals surface area contributed by atoms with Crippen molar-refractivity contribution in [3.63, 3.8) is 0 Å². The van der Waals surface area contributed by atoms with Crippen LogP contribution in [-0.4, -0.2) is 35.0 Å². The molecule has 0 bridgehead atoms. The Kier molecular flexibility index (Phi) is 3.52. The number of hydrogen-bond acceptors (Lipinski definition) is 4. The minimum atomic E-state index is -0.0365. The zero-order valence-corrected chi connectivity index (χ0v) is 11.3. The van der Waals surface area contributed by atoms with E-state index in [1.165, 1.54) is 0 Å². The van der Waals surface area contributed by atoms with Crippen molar-refractivity contribution in [3.05, 3.63) is 59.9 Å². The maximum absolute atomic E-state index is 12.2. The molecule has 1 amide bonds. The van der Waals surface area contributed by atoms with E-state index in [4.69, 9.17) is 10.00 Å². The highest BCUT2D eigenvalue weighted by molar-refractivity contribution is 5.94. The van der Waals surface area contributed by atoms with E-state index in [0.29, 0.717) is 30.0 Å². The van der Waals surface area contributed by atoms with Gasteiger partial charge >= 0.3 is 0 Å². The molecule has 0 aliphatic carbocycles. The molecule has 1 fully saturated rings. The first-order valence-electron chi connectivity index (χ1n) is 6.62. The lowest BCUT2D eigenvalue weighted by Crippen LogP contribution is -2.56. The predicted octanol–water partition coefficient (Wildman–Crippen LogP) is 1.86. The second-order valence-corrected chi connectivity index (χ2v) is 4.83. The molecule has 3 rings (SSSR count). The Labute approximate surface area is 122 Å². The largest absolute Gasteiger partial charge is 0.485 e. The normalized spacial score (nSPS) is 14.1. The van der Waals surface area contributed by atoms with E-state index in [0.717, 1.165) is 0 Å². The van der Waals surface area contributed by atoms with Gasteiger partial charge in [0.1, 0.15) is 11.9 Å². The number of likely N-dealkylation sites (tertiary alicyclic amines) is 1. The molecule has 1 aromatic heterocycles. The zero-order chi connectivity index (χ0) is 14.7. The molecule has 5 heteroatoms. The van der Waals surface area contributed by atoms with Gasteiger partial charge in [-0.25, -0.2) is 0 Å². The third-order valence-electron chi connectivity index (χ3n) is 3.33. The monoisotopic (exact) mass is 279 g/mol. The van der Waals surface area contributed by atoms with Crippen LogP contribution in [0.15, 0.2) is 48.8 Å². The van der Waals surface area contributed by atoms with Crippen LogP contribution >= 0.6 is 0 Å². The van der Waals surface area contributed by atoms with Gasteiger partial charge in [-0.2, -0.15) is 5.26 Å². The number of aromatic nitrogens is 1. The van der Waals surface area contributed by atoms with Gasteiger partial charge in [-0.15, -0.1) is 0 Å². The Morgan fingerprint density at radius 3 is 2.67 bits per heavy atom. The lowest BCUT2D eigenvalue weighted by atomic mass is 10.1. The number of ether oxygens (including phenoxy) is 1.